The monoisotopic (exact) mass is 401 g/mol. The maximum Gasteiger partial charge on any atom is 0.163 e. The highest BCUT2D eigenvalue weighted by molar-refractivity contribution is 6.31. The summed E-state index contributed by atoms with van der Waals surface area (Å²) in [5.74, 6) is 0.195. The molecule has 3 aromatic rings. The third-order valence-electron chi connectivity index (χ3n) is 5.67. The fraction of sp³-hybridized carbons (Fsp3) is 0.167. The largest absolute Gasteiger partial charge is 0.372 e. The second-order valence-corrected chi connectivity index (χ2v) is 7.88. The molecule has 2 atom stereocenters. The number of nitrogens with one attached hydrogen (secondary N) is 2. The van der Waals surface area contributed by atoms with Crippen LogP contribution in [0.4, 0.5) is 11.4 Å². The molecule has 29 heavy (non-hydrogen) atoms. The van der Waals surface area contributed by atoms with Gasteiger partial charge in [-0.15, -0.1) is 0 Å². The molecule has 0 saturated carbocycles. The van der Waals surface area contributed by atoms with Gasteiger partial charge in [-0.2, -0.15) is 0 Å². The molecule has 0 bridgehead atoms. The number of carbonyl (C=O) groups excluding carboxylic acids is 1. The summed E-state index contributed by atoms with van der Waals surface area (Å²) in [6.07, 6.45) is 4.75. The number of allylic oxidation sites excluding steroid dienone is 1. The average Bonchev–Trinajstić information content (AvgIpc) is 2.91. The first-order chi connectivity index (χ1) is 14.2. The number of hydrogen-bond donors (Lipinski definition) is 2. The Morgan fingerprint density at radius 1 is 0.931 bits per heavy atom. The van der Waals surface area contributed by atoms with Crippen molar-refractivity contribution in [1.82, 2.24) is 4.98 Å². The number of fused-ring (bicyclic) bond motifs is 1. The Kier molecular flexibility index (Phi) is 4.57. The third-order valence-corrected chi connectivity index (χ3v) is 6.02. The SMILES string of the molecule is O=C1C[C@@H](c2ccccc2Cl)CC2=C1[C@H](c1cccnc1)Nc1ccccc1N2. The van der Waals surface area contributed by atoms with E-state index in [4.69, 9.17) is 11.6 Å². The first kappa shape index (κ1) is 18.0. The zero-order chi connectivity index (χ0) is 19.8. The van der Waals surface area contributed by atoms with Gasteiger partial charge in [0.25, 0.3) is 0 Å². The van der Waals surface area contributed by atoms with Crippen LogP contribution in [0.15, 0.2) is 84.3 Å². The lowest BCUT2D eigenvalue weighted by Gasteiger charge is -2.30. The van der Waals surface area contributed by atoms with E-state index < -0.39 is 0 Å². The molecule has 144 valence electrons. The van der Waals surface area contributed by atoms with Crippen molar-refractivity contribution < 1.29 is 4.79 Å². The summed E-state index contributed by atoms with van der Waals surface area (Å²) >= 11 is 6.45. The van der Waals surface area contributed by atoms with E-state index in [-0.39, 0.29) is 17.7 Å². The molecule has 0 amide bonds. The third kappa shape index (κ3) is 3.30. The second kappa shape index (κ2) is 7.37. The summed E-state index contributed by atoms with van der Waals surface area (Å²) in [5, 5.41) is 7.82. The number of hydrogen-bond acceptors (Lipinski definition) is 4. The fourth-order valence-corrected chi connectivity index (χ4v) is 4.61. The lowest BCUT2D eigenvalue weighted by Crippen LogP contribution is -2.27. The lowest BCUT2D eigenvalue weighted by molar-refractivity contribution is -0.116. The first-order valence-corrected chi connectivity index (χ1v) is 10.1. The lowest BCUT2D eigenvalue weighted by atomic mass is 9.78. The van der Waals surface area contributed by atoms with Crippen LogP contribution in [-0.2, 0) is 4.79 Å². The Morgan fingerprint density at radius 3 is 2.52 bits per heavy atom. The van der Waals surface area contributed by atoms with Crippen LogP contribution < -0.4 is 10.6 Å². The number of aromatic nitrogens is 1. The molecule has 2 aliphatic rings. The Bertz CT molecular complexity index is 1110. The number of para-hydroxylation sites is 2. The Hall–Kier alpha value is -3.11. The summed E-state index contributed by atoms with van der Waals surface area (Å²) in [7, 11) is 0. The maximum atomic E-state index is 13.4. The van der Waals surface area contributed by atoms with E-state index in [1.807, 2.05) is 66.9 Å². The smallest absolute Gasteiger partial charge is 0.163 e. The molecule has 5 rings (SSSR count). The second-order valence-electron chi connectivity index (χ2n) is 7.48. The van der Waals surface area contributed by atoms with Crippen LogP contribution in [0, 0.1) is 0 Å². The highest BCUT2D eigenvalue weighted by atomic mass is 35.5. The number of anilines is 2. The molecule has 2 N–H and O–H groups in total. The van der Waals surface area contributed by atoms with E-state index in [1.54, 1.807) is 6.20 Å². The number of benzene rings is 2. The quantitative estimate of drug-likeness (QED) is 0.577. The van der Waals surface area contributed by atoms with Crippen LogP contribution in [0.2, 0.25) is 5.02 Å². The van der Waals surface area contributed by atoms with E-state index in [2.05, 4.69) is 15.6 Å². The zero-order valence-electron chi connectivity index (χ0n) is 15.7. The number of carbonyl (C=O) groups is 1. The van der Waals surface area contributed by atoms with Gasteiger partial charge in [-0.05, 0) is 47.7 Å². The van der Waals surface area contributed by atoms with Crippen molar-refractivity contribution in [3.8, 4) is 0 Å². The van der Waals surface area contributed by atoms with Gasteiger partial charge in [0.15, 0.2) is 5.78 Å². The minimum atomic E-state index is -0.241. The number of ketones is 1. The predicted molar refractivity (Wildman–Crippen MR) is 116 cm³/mol. The van der Waals surface area contributed by atoms with Gasteiger partial charge in [0.05, 0.1) is 17.4 Å². The van der Waals surface area contributed by atoms with Crippen LogP contribution in [0.3, 0.4) is 0 Å². The normalized spacial score (nSPS) is 20.8. The molecule has 1 aromatic heterocycles. The van der Waals surface area contributed by atoms with Gasteiger partial charge in [-0.25, -0.2) is 0 Å². The summed E-state index contributed by atoms with van der Waals surface area (Å²) in [4.78, 5) is 17.7. The molecule has 5 heteroatoms. The van der Waals surface area contributed by atoms with Crippen LogP contribution in [-0.4, -0.2) is 10.8 Å². The molecule has 0 fully saturated rings. The molecule has 0 saturated heterocycles. The van der Waals surface area contributed by atoms with Gasteiger partial charge in [-0.3, -0.25) is 9.78 Å². The van der Waals surface area contributed by atoms with Crippen molar-refractivity contribution in [1.29, 1.82) is 0 Å². The number of rotatable bonds is 2. The molecule has 2 heterocycles. The summed E-state index contributed by atoms with van der Waals surface area (Å²) in [6, 6.07) is 19.5. The number of Topliss-reactive ketones (excluding diaryl/α,β-unsaturated/α-hetero) is 1. The summed E-state index contributed by atoms with van der Waals surface area (Å²) in [6.45, 7) is 0. The minimum Gasteiger partial charge on any atom is -0.372 e. The molecule has 2 aromatic carbocycles. The zero-order valence-corrected chi connectivity index (χ0v) is 16.5. The van der Waals surface area contributed by atoms with Gasteiger partial charge >= 0.3 is 0 Å². The van der Waals surface area contributed by atoms with Crippen molar-refractivity contribution >= 4 is 28.8 Å². The Balaban J connectivity index is 1.62. The van der Waals surface area contributed by atoms with Crippen LogP contribution in [0.1, 0.15) is 35.9 Å². The van der Waals surface area contributed by atoms with Gasteiger partial charge < -0.3 is 10.6 Å². The van der Waals surface area contributed by atoms with Gasteiger partial charge in [0, 0.05) is 35.1 Å². The van der Waals surface area contributed by atoms with Crippen LogP contribution in [0.5, 0.6) is 0 Å². The van der Waals surface area contributed by atoms with Gasteiger partial charge in [-0.1, -0.05) is 48.0 Å². The van der Waals surface area contributed by atoms with Crippen molar-refractivity contribution in [3.05, 3.63) is 100 Å². The molecule has 0 radical (unpaired) electrons. The van der Waals surface area contributed by atoms with Gasteiger partial charge in [0.1, 0.15) is 0 Å². The number of pyridine rings is 1. The Morgan fingerprint density at radius 2 is 1.72 bits per heavy atom. The van der Waals surface area contributed by atoms with Crippen molar-refractivity contribution in [3.63, 3.8) is 0 Å². The molecule has 4 nitrogen and oxygen atoms in total. The van der Waals surface area contributed by atoms with Gasteiger partial charge in [0.2, 0.25) is 0 Å². The first-order valence-electron chi connectivity index (χ1n) is 9.74. The summed E-state index contributed by atoms with van der Waals surface area (Å²) in [5.41, 5.74) is 5.69. The standard InChI is InChI=1S/C24H20ClN3O/c25-18-8-2-1-7-17(18)16-12-21-23(22(29)13-16)24(15-6-5-11-26-14-15)28-20-10-4-3-9-19(20)27-21/h1-11,14,16,24,27-28H,12-13H2/t16-,24-/m0/s1. The maximum absolute atomic E-state index is 13.4. The Labute approximate surface area is 174 Å². The van der Waals surface area contributed by atoms with Crippen molar-refractivity contribution in [2.24, 2.45) is 0 Å². The van der Waals surface area contributed by atoms with Crippen LogP contribution in [0.25, 0.3) is 0 Å². The molecule has 1 aliphatic carbocycles. The molecule has 0 unspecified atom stereocenters. The number of halogens is 1. The molecular formula is C24H20ClN3O. The molecule has 0 spiro atoms. The minimum absolute atomic E-state index is 0.0576. The van der Waals surface area contributed by atoms with Crippen molar-refractivity contribution in [2.45, 2.75) is 24.8 Å². The topological polar surface area (TPSA) is 54.0 Å². The fourth-order valence-electron chi connectivity index (χ4n) is 4.32. The van der Waals surface area contributed by atoms with E-state index in [1.165, 1.54) is 0 Å². The van der Waals surface area contributed by atoms with E-state index in [0.717, 1.165) is 40.2 Å². The average molecular weight is 402 g/mol. The van der Waals surface area contributed by atoms with Crippen molar-refractivity contribution in [2.75, 3.05) is 10.6 Å². The highest BCUT2D eigenvalue weighted by Crippen LogP contribution is 2.44. The van der Waals surface area contributed by atoms with E-state index >= 15 is 0 Å². The molecular weight excluding hydrogens is 382 g/mol. The van der Waals surface area contributed by atoms with Crippen LogP contribution >= 0.6 is 11.6 Å². The highest BCUT2D eigenvalue weighted by Gasteiger charge is 2.36. The van der Waals surface area contributed by atoms with E-state index in [9.17, 15) is 4.79 Å². The van der Waals surface area contributed by atoms with E-state index in [0.29, 0.717) is 11.4 Å². The predicted octanol–water partition coefficient (Wildman–Crippen LogP) is 5.71. The number of nitrogens with zero attached hydrogens (tertiary/aromatic N) is 1. The molecule has 1 aliphatic heterocycles. The summed E-state index contributed by atoms with van der Waals surface area (Å²) < 4.78 is 0.